The van der Waals surface area contributed by atoms with Gasteiger partial charge in [-0.1, -0.05) is 0 Å². The number of hydrogen-bond acceptors (Lipinski definition) is 6. The van der Waals surface area contributed by atoms with Gasteiger partial charge in [-0.3, -0.25) is 0 Å². The number of fused-ring (bicyclic) bond motifs is 1. The summed E-state index contributed by atoms with van der Waals surface area (Å²) in [4.78, 5) is 16.5. The largest absolute Gasteiger partial charge is 0.382 e. The lowest BCUT2D eigenvalue weighted by atomic mass is 10.5. The molecule has 0 aliphatic heterocycles. The molecule has 0 saturated heterocycles. The van der Waals surface area contributed by atoms with Crippen molar-refractivity contribution in [2.75, 3.05) is 5.73 Å². The molecule has 0 spiro atoms. The maximum Gasteiger partial charge on any atom is 0.165 e. The molecule has 0 atom stereocenters. The molecule has 0 aliphatic carbocycles. The second-order valence-corrected chi connectivity index (χ2v) is 4.21. The summed E-state index contributed by atoms with van der Waals surface area (Å²) in [7, 11) is 0. The van der Waals surface area contributed by atoms with E-state index in [1.807, 2.05) is 9.95 Å². The van der Waals surface area contributed by atoms with Crippen molar-refractivity contribution in [3.63, 3.8) is 0 Å². The van der Waals surface area contributed by atoms with Crippen LogP contribution in [0.4, 0.5) is 5.82 Å². The molecule has 7 heteroatoms. The van der Waals surface area contributed by atoms with Gasteiger partial charge in [0.2, 0.25) is 0 Å². The van der Waals surface area contributed by atoms with E-state index in [-0.39, 0.29) is 0 Å². The number of nitrogens with zero attached hydrogens (tertiary/aromatic N) is 5. The van der Waals surface area contributed by atoms with Crippen LogP contribution in [0, 0.1) is 0 Å². The zero-order chi connectivity index (χ0) is 11.0. The standard InChI is InChI=1S/C9H8N6S/c10-8-7-9(13-4-12-8)15(5-14-7)3-6-11-1-2-16-6/h1-2,4-5H,3H2,(H2,10,12,13). The highest BCUT2D eigenvalue weighted by molar-refractivity contribution is 7.09. The van der Waals surface area contributed by atoms with Crippen LogP contribution in [0.3, 0.4) is 0 Å². The van der Waals surface area contributed by atoms with Crippen molar-refractivity contribution in [3.8, 4) is 0 Å². The van der Waals surface area contributed by atoms with Gasteiger partial charge in [0.15, 0.2) is 11.5 Å². The van der Waals surface area contributed by atoms with Crippen LogP contribution in [0.1, 0.15) is 5.01 Å². The van der Waals surface area contributed by atoms with Gasteiger partial charge in [-0.25, -0.2) is 19.9 Å². The van der Waals surface area contributed by atoms with Crippen LogP contribution in [0.2, 0.25) is 0 Å². The fourth-order valence-electron chi connectivity index (χ4n) is 1.49. The molecule has 0 amide bonds. The first-order valence-corrected chi connectivity index (χ1v) is 5.52. The first-order chi connectivity index (χ1) is 7.84. The van der Waals surface area contributed by atoms with Gasteiger partial charge < -0.3 is 10.3 Å². The lowest BCUT2D eigenvalue weighted by molar-refractivity contribution is 0.806. The minimum absolute atomic E-state index is 0.405. The third-order valence-electron chi connectivity index (χ3n) is 2.22. The number of nitrogen functional groups attached to an aromatic ring is 1. The number of anilines is 1. The third kappa shape index (κ3) is 1.41. The van der Waals surface area contributed by atoms with Crippen molar-refractivity contribution in [1.82, 2.24) is 24.5 Å². The van der Waals surface area contributed by atoms with E-state index in [1.54, 1.807) is 23.9 Å². The van der Waals surface area contributed by atoms with E-state index in [2.05, 4.69) is 19.9 Å². The fourth-order valence-corrected chi connectivity index (χ4v) is 2.11. The average Bonchev–Trinajstić information content (AvgIpc) is 2.90. The van der Waals surface area contributed by atoms with E-state index >= 15 is 0 Å². The summed E-state index contributed by atoms with van der Waals surface area (Å²) in [5.41, 5.74) is 7.08. The summed E-state index contributed by atoms with van der Waals surface area (Å²) in [5, 5.41) is 2.95. The minimum atomic E-state index is 0.405. The highest BCUT2D eigenvalue weighted by Crippen LogP contribution is 2.16. The Hall–Kier alpha value is -2.02. The molecule has 16 heavy (non-hydrogen) atoms. The Kier molecular flexibility index (Phi) is 2.03. The van der Waals surface area contributed by atoms with Gasteiger partial charge in [0, 0.05) is 11.6 Å². The number of thiazole rings is 1. The normalized spacial score (nSPS) is 11.0. The van der Waals surface area contributed by atoms with E-state index in [4.69, 9.17) is 5.73 Å². The molecule has 3 rings (SSSR count). The van der Waals surface area contributed by atoms with Crippen molar-refractivity contribution in [3.05, 3.63) is 29.2 Å². The molecule has 6 nitrogen and oxygen atoms in total. The molecule has 80 valence electrons. The average molecular weight is 232 g/mol. The SMILES string of the molecule is Nc1ncnc2c1ncn2Cc1nccs1. The summed E-state index contributed by atoms with van der Waals surface area (Å²) in [6.45, 7) is 0.657. The third-order valence-corrected chi connectivity index (χ3v) is 2.98. The molecular formula is C9H8N6S. The topological polar surface area (TPSA) is 82.5 Å². The molecule has 0 radical (unpaired) electrons. The van der Waals surface area contributed by atoms with Gasteiger partial charge in [-0.2, -0.15) is 0 Å². The van der Waals surface area contributed by atoms with E-state index in [0.29, 0.717) is 17.9 Å². The van der Waals surface area contributed by atoms with Crippen molar-refractivity contribution >= 4 is 28.3 Å². The fraction of sp³-hybridized carbons (Fsp3) is 0.111. The monoisotopic (exact) mass is 232 g/mol. The number of imidazole rings is 1. The first kappa shape index (κ1) is 9.22. The summed E-state index contributed by atoms with van der Waals surface area (Å²) < 4.78 is 1.91. The number of aromatic nitrogens is 5. The Morgan fingerprint density at radius 3 is 3.00 bits per heavy atom. The number of hydrogen-bond donors (Lipinski definition) is 1. The predicted molar refractivity (Wildman–Crippen MR) is 61.0 cm³/mol. The highest BCUT2D eigenvalue weighted by Gasteiger charge is 2.08. The first-order valence-electron chi connectivity index (χ1n) is 4.64. The molecule has 3 heterocycles. The molecule has 0 fully saturated rings. The zero-order valence-corrected chi connectivity index (χ0v) is 9.05. The highest BCUT2D eigenvalue weighted by atomic mass is 32.1. The minimum Gasteiger partial charge on any atom is -0.382 e. The molecule has 0 bridgehead atoms. The van der Waals surface area contributed by atoms with E-state index in [1.165, 1.54) is 6.33 Å². The van der Waals surface area contributed by atoms with Crippen LogP contribution < -0.4 is 5.73 Å². The molecule has 3 aromatic rings. The van der Waals surface area contributed by atoms with Gasteiger partial charge in [0.1, 0.15) is 16.9 Å². The van der Waals surface area contributed by atoms with Gasteiger partial charge in [-0.15, -0.1) is 11.3 Å². The molecule has 0 aliphatic rings. The Bertz CT molecular complexity index is 614. The van der Waals surface area contributed by atoms with Gasteiger partial charge in [0.05, 0.1) is 12.9 Å². The molecule has 0 aromatic carbocycles. The summed E-state index contributed by atoms with van der Waals surface area (Å²) in [5.74, 6) is 0.405. The lowest BCUT2D eigenvalue weighted by Crippen LogP contribution is -2.00. The smallest absolute Gasteiger partial charge is 0.165 e. The Morgan fingerprint density at radius 1 is 1.25 bits per heavy atom. The van der Waals surface area contributed by atoms with Crippen molar-refractivity contribution < 1.29 is 0 Å². The lowest BCUT2D eigenvalue weighted by Gasteiger charge is -1.99. The van der Waals surface area contributed by atoms with Crippen LogP contribution in [-0.4, -0.2) is 24.5 Å². The quantitative estimate of drug-likeness (QED) is 0.710. The molecule has 2 N–H and O–H groups in total. The van der Waals surface area contributed by atoms with Gasteiger partial charge in [0.25, 0.3) is 0 Å². The second-order valence-electron chi connectivity index (χ2n) is 3.23. The molecule has 0 saturated carbocycles. The van der Waals surface area contributed by atoms with Crippen LogP contribution >= 0.6 is 11.3 Å². The maximum atomic E-state index is 5.70. The summed E-state index contributed by atoms with van der Waals surface area (Å²) in [6.07, 6.45) is 4.93. The maximum absolute atomic E-state index is 5.70. The van der Waals surface area contributed by atoms with Crippen molar-refractivity contribution in [2.24, 2.45) is 0 Å². The van der Waals surface area contributed by atoms with Crippen LogP contribution in [0.5, 0.6) is 0 Å². The van der Waals surface area contributed by atoms with E-state index in [9.17, 15) is 0 Å². The number of nitrogens with two attached hydrogens (primary N) is 1. The van der Waals surface area contributed by atoms with Crippen LogP contribution in [0.15, 0.2) is 24.2 Å². The Morgan fingerprint density at radius 2 is 2.19 bits per heavy atom. The van der Waals surface area contributed by atoms with Crippen molar-refractivity contribution in [1.29, 1.82) is 0 Å². The molecule has 3 aromatic heterocycles. The Balaban J connectivity index is 2.08. The second kappa shape index (κ2) is 3.53. The van der Waals surface area contributed by atoms with Crippen LogP contribution in [-0.2, 0) is 6.54 Å². The van der Waals surface area contributed by atoms with Gasteiger partial charge >= 0.3 is 0 Å². The van der Waals surface area contributed by atoms with Gasteiger partial charge in [-0.05, 0) is 0 Å². The van der Waals surface area contributed by atoms with Crippen molar-refractivity contribution in [2.45, 2.75) is 6.54 Å². The molecule has 0 unspecified atom stereocenters. The summed E-state index contributed by atoms with van der Waals surface area (Å²) in [6, 6.07) is 0. The number of rotatable bonds is 2. The van der Waals surface area contributed by atoms with E-state index in [0.717, 1.165) is 10.7 Å². The molecular weight excluding hydrogens is 224 g/mol. The zero-order valence-electron chi connectivity index (χ0n) is 8.24. The Labute approximate surface area is 94.8 Å². The van der Waals surface area contributed by atoms with Crippen LogP contribution in [0.25, 0.3) is 11.2 Å². The van der Waals surface area contributed by atoms with E-state index < -0.39 is 0 Å². The summed E-state index contributed by atoms with van der Waals surface area (Å²) >= 11 is 1.60. The predicted octanol–water partition coefficient (Wildman–Crippen LogP) is 0.913.